The van der Waals surface area contributed by atoms with E-state index in [-0.39, 0.29) is 0 Å². The van der Waals surface area contributed by atoms with Crippen molar-refractivity contribution < 1.29 is 0 Å². The summed E-state index contributed by atoms with van der Waals surface area (Å²) in [5.74, 6) is 0. The molecule has 1 aromatic heterocycles. The maximum Gasteiger partial charge on any atom is 0.173 e. The number of hydrogen-bond acceptors (Lipinski definition) is 4. The van der Waals surface area contributed by atoms with Crippen LogP contribution in [0, 0.1) is 0 Å². The second-order valence-corrected chi connectivity index (χ2v) is 5.94. The fourth-order valence-corrected chi connectivity index (χ4v) is 3.62. The van der Waals surface area contributed by atoms with Crippen LogP contribution in [0.4, 0.5) is 0 Å². The number of aromatic nitrogens is 1. The standard InChI is InChI=1S/C12H12N2S2/c1-2-6-9(5-1)14-16-12-13-10-7-3-4-8-11(10)15-12/h3-4,7-8H,1-2,5-6H2. The number of para-hydroxylation sites is 1. The first-order chi connectivity index (χ1) is 7.92. The summed E-state index contributed by atoms with van der Waals surface area (Å²) in [6.07, 6.45) is 4.97. The van der Waals surface area contributed by atoms with Gasteiger partial charge in [-0.15, -0.1) is 11.3 Å². The summed E-state index contributed by atoms with van der Waals surface area (Å²) < 4.78 is 6.87. The zero-order chi connectivity index (χ0) is 10.8. The van der Waals surface area contributed by atoms with E-state index in [0.29, 0.717) is 0 Å². The molecule has 1 aliphatic carbocycles. The third-order valence-electron chi connectivity index (χ3n) is 2.71. The van der Waals surface area contributed by atoms with Crippen molar-refractivity contribution in [3.63, 3.8) is 0 Å². The van der Waals surface area contributed by atoms with Gasteiger partial charge in [0.2, 0.25) is 0 Å². The second-order valence-electron chi connectivity index (χ2n) is 3.90. The predicted molar refractivity (Wildman–Crippen MR) is 71.4 cm³/mol. The maximum atomic E-state index is 4.57. The zero-order valence-electron chi connectivity index (χ0n) is 8.85. The molecule has 4 heteroatoms. The van der Waals surface area contributed by atoms with Gasteiger partial charge in [-0.2, -0.15) is 0 Å². The Hall–Kier alpha value is -0.870. The molecule has 3 rings (SSSR count). The maximum absolute atomic E-state index is 4.57. The first kappa shape index (κ1) is 10.3. The van der Waals surface area contributed by atoms with Crippen LogP contribution in [0.5, 0.6) is 0 Å². The lowest BCUT2D eigenvalue weighted by atomic mass is 10.3. The van der Waals surface area contributed by atoms with Gasteiger partial charge < -0.3 is 0 Å². The molecule has 0 unspecified atom stereocenters. The highest BCUT2D eigenvalue weighted by molar-refractivity contribution is 8.00. The van der Waals surface area contributed by atoms with Crippen LogP contribution in [-0.4, -0.2) is 10.7 Å². The molecule has 1 saturated carbocycles. The van der Waals surface area contributed by atoms with Crippen LogP contribution in [0.3, 0.4) is 0 Å². The molecule has 82 valence electrons. The number of thiazole rings is 1. The zero-order valence-corrected chi connectivity index (χ0v) is 10.5. The molecule has 1 aromatic carbocycles. The van der Waals surface area contributed by atoms with E-state index >= 15 is 0 Å². The van der Waals surface area contributed by atoms with E-state index in [1.165, 1.54) is 48.0 Å². The lowest BCUT2D eigenvalue weighted by molar-refractivity contribution is 0.886. The molecule has 16 heavy (non-hydrogen) atoms. The summed E-state index contributed by atoms with van der Waals surface area (Å²) in [6.45, 7) is 0. The van der Waals surface area contributed by atoms with E-state index in [4.69, 9.17) is 0 Å². The van der Waals surface area contributed by atoms with Gasteiger partial charge >= 0.3 is 0 Å². The van der Waals surface area contributed by atoms with E-state index < -0.39 is 0 Å². The highest BCUT2D eigenvalue weighted by atomic mass is 32.2. The number of rotatable bonds is 2. The van der Waals surface area contributed by atoms with Crippen LogP contribution >= 0.6 is 23.3 Å². The normalized spacial score (nSPS) is 15.9. The predicted octanol–water partition coefficient (Wildman–Crippen LogP) is 4.32. The molecule has 2 nitrogen and oxygen atoms in total. The molecule has 0 radical (unpaired) electrons. The summed E-state index contributed by atoms with van der Waals surface area (Å²) in [5, 5.41) is 0. The molecule has 1 heterocycles. The first-order valence-corrected chi connectivity index (χ1v) is 7.09. The van der Waals surface area contributed by atoms with Crippen molar-refractivity contribution in [3.05, 3.63) is 24.3 Å². The van der Waals surface area contributed by atoms with Gasteiger partial charge in [0.25, 0.3) is 0 Å². The lowest BCUT2D eigenvalue weighted by Gasteiger charge is -1.91. The van der Waals surface area contributed by atoms with Gasteiger partial charge in [-0.25, -0.2) is 9.38 Å². The Labute approximate surface area is 103 Å². The lowest BCUT2D eigenvalue weighted by Crippen LogP contribution is -1.84. The van der Waals surface area contributed by atoms with Crippen LogP contribution in [0.15, 0.2) is 33.0 Å². The van der Waals surface area contributed by atoms with Crippen LogP contribution in [0.25, 0.3) is 10.2 Å². The van der Waals surface area contributed by atoms with Gasteiger partial charge in [0.15, 0.2) is 4.34 Å². The Kier molecular flexibility index (Phi) is 2.93. The summed E-state index contributed by atoms with van der Waals surface area (Å²) in [5.41, 5.74) is 2.44. The van der Waals surface area contributed by atoms with Crippen molar-refractivity contribution >= 4 is 39.2 Å². The van der Waals surface area contributed by atoms with Gasteiger partial charge in [-0.05, 0) is 37.8 Å². The van der Waals surface area contributed by atoms with Gasteiger partial charge in [0, 0.05) is 17.7 Å². The summed E-state index contributed by atoms with van der Waals surface area (Å²) >= 11 is 3.26. The fraction of sp³-hybridized carbons (Fsp3) is 0.333. The number of hydrogen-bond donors (Lipinski definition) is 0. The third kappa shape index (κ3) is 2.13. The highest BCUT2D eigenvalue weighted by Gasteiger charge is 2.09. The van der Waals surface area contributed by atoms with E-state index in [2.05, 4.69) is 27.6 Å². The first-order valence-electron chi connectivity index (χ1n) is 5.50. The monoisotopic (exact) mass is 248 g/mol. The molecule has 0 amide bonds. The van der Waals surface area contributed by atoms with Crippen LogP contribution in [-0.2, 0) is 0 Å². The Bertz CT molecular complexity index is 490. The van der Waals surface area contributed by atoms with Crippen LogP contribution in [0.2, 0.25) is 0 Å². The van der Waals surface area contributed by atoms with Crippen LogP contribution < -0.4 is 0 Å². The van der Waals surface area contributed by atoms with Crippen molar-refractivity contribution in [1.82, 2.24) is 4.98 Å². The van der Waals surface area contributed by atoms with E-state index in [1.54, 1.807) is 11.3 Å². The molecule has 1 aliphatic rings. The van der Waals surface area contributed by atoms with E-state index in [0.717, 1.165) is 9.86 Å². The Morgan fingerprint density at radius 3 is 2.81 bits per heavy atom. The Morgan fingerprint density at radius 1 is 1.19 bits per heavy atom. The molecule has 0 aliphatic heterocycles. The minimum Gasteiger partial charge on any atom is -0.228 e. The Balaban J connectivity index is 1.81. The molecule has 0 N–H and O–H groups in total. The minimum absolute atomic E-state index is 1.06. The minimum atomic E-state index is 1.06. The quantitative estimate of drug-likeness (QED) is 0.740. The van der Waals surface area contributed by atoms with Gasteiger partial charge in [0.05, 0.1) is 10.2 Å². The average Bonchev–Trinajstić information content (AvgIpc) is 2.95. The smallest absolute Gasteiger partial charge is 0.173 e. The number of nitrogens with zero attached hydrogens (tertiary/aromatic N) is 2. The Morgan fingerprint density at radius 2 is 2.00 bits per heavy atom. The van der Waals surface area contributed by atoms with Crippen molar-refractivity contribution in [1.29, 1.82) is 0 Å². The molecule has 0 bridgehead atoms. The molecular weight excluding hydrogens is 236 g/mol. The van der Waals surface area contributed by atoms with Crippen LogP contribution in [0.1, 0.15) is 25.7 Å². The topological polar surface area (TPSA) is 25.2 Å². The van der Waals surface area contributed by atoms with Crippen molar-refractivity contribution in [3.8, 4) is 0 Å². The van der Waals surface area contributed by atoms with Gasteiger partial charge in [-0.1, -0.05) is 12.1 Å². The fourth-order valence-electron chi connectivity index (χ4n) is 1.87. The number of fused-ring (bicyclic) bond motifs is 1. The summed E-state index contributed by atoms with van der Waals surface area (Å²) in [6, 6.07) is 8.25. The highest BCUT2D eigenvalue weighted by Crippen LogP contribution is 2.31. The molecule has 0 spiro atoms. The molecule has 0 atom stereocenters. The molecule has 0 saturated heterocycles. The number of benzene rings is 1. The van der Waals surface area contributed by atoms with E-state index in [1.807, 2.05) is 6.07 Å². The third-order valence-corrected chi connectivity index (χ3v) is 4.61. The largest absolute Gasteiger partial charge is 0.228 e. The van der Waals surface area contributed by atoms with E-state index in [9.17, 15) is 0 Å². The second kappa shape index (κ2) is 4.55. The molecule has 2 aromatic rings. The van der Waals surface area contributed by atoms with Gasteiger partial charge in [0.1, 0.15) is 0 Å². The van der Waals surface area contributed by atoms with Crippen molar-refractivity contribution in [2.45, 2.75) is 30.0 Å². The SMILES string of the molecule is c1ccc2sc(SN=C3CCCC3)nc2c1. The summed E-state index contributed by atoms with van der Waals surface area (Å²) in [7, 11) is 0. The average molecular weight is 248 g/mol. The summed E-state index contributed by atoms with van der Waals surface area (Å²) in [4.78, 5) is 4.55. The molecular formula is C12H12N2S2. The molecule has 1 fully saturated rings. The van der Waals surface area contributed by atoms with Crippen molar-refractivity contribution in [2.24, 2.45) is 4.40 Å². The van der Waals surface area contributed by atoms with Gasteiger partial charge in [-0.3, -0.25) is 0 Å². The van der Waals surface area contributed by atoms with Crippen molar-refractivity contribution in [2.75, 3.05) is 0 Å².